The van der Waals surface area contributed by atoms with Crippen molar-refractivity contribution in [3.63, 3.8) is 0 Å². The van der Waals surface area contributed by atoms with Crippen molar-refractivity contribution in [2.75, 3.05) is 11.5 Å². The fourth-order valence-corrected chi connectivity index (χ4v) is 2.38. The standard InChI is InChI=1S/C16H22N2/c1-2-3-4-5-6-12-9-13-11-14(17)7-8-15(13)16(18)10-12/h7-11H,2-6,17-18H2,1H3. The molecule has 0 unspecified atom stereocenters. The second-order valence-corrected chi connectivity index (χ2v) is 4.98. The summed E-state index contributed by atoms with van der Waals surface area (Å²) in [5.74, 6) is 0. The molecular formula is C16H22N2. The van der Waals surface area contributed by atoms with Crippen molar-refractivity contribution in [1.29, 1.82) is 0 Å². The molecule has 0 bridgehead atoms. The summed E-state index contributed by atoms with van der Waals surface area (Å²) in [5.41, 5.74) is 14.9. The van der Waals surface area contributed by atoms with Gasteiger partial charge in [0.2, 0.25) is 0 Å². The van der Waals surface area contributed by atoms with Crippen molar-refractivity contribution in [1.82, 2.24) is 0 Å². The third-order valence-corrected chi connectivity index (χ3v) is 3.39. The van der Waals surface area contributed by atoms with Crippen molar-refractivity contribution in [2.24, 2.45) is 0 Å². The minimum Gasteiger partial charge on any atom is -0.399 e. The molecule has 96 valence electrons. The van der Waals surface area contributed by atoms with Crippen molar-refractivity contribution < 1.29 is 0 Å². The minimum atomic E-state index is 0.796. The Morgan fingerprint density at radius 1 is 0.944 bits per heavy atom. The Bertz CT molecular complexity index is 532. The molecule has 0 fully saturated rings. The number of nitrogen functional groups attached to an aromatic ring is 2. The van der Waals surface area contributed by atoms with Gasteiger partial charge in [0.1, 0.15) is 0 Å². The molecule has 0 atom stereocenters. The summed E-state index contributed by atoms with van der Waals surface area (Å²) in [7, 11) is 0. The Kier molecular flexibility index (Phi) is 4.08. The monoisotopic (exact) mass is 242 g/mol. The third kappa shape index (κ3) is 2.95. The summed E-state index contributed by atoms with van der Waals surface area (Å²) in [6.45, 7) is 2.23. The highest BCUT2D eigenvalue weighted by molar-refractivity contribution is 5.95. The molecule has 0 amide bonds. The summed E-state index contributed by atoms with van der Waals surface area (Å²) < 4.78 is 0. The Morgan fingerprint density at radius 3 is 2.56 bits per heavy atom. The summed E-state index contributed by atoms with van der Waals surface area (Å²) >= 11 is 0. The van der Waals surface area contributed by atoms with Gasteiger partial charge >= 0.3 is 0 Å². The summed E-state index contributed by atoms with van der Waals surface area (Å²) in [4.78, 5) is 0. The molecule has 0 aliphatic carbocycles. The zero-order valence-electron chi connectivity index (χ0n) is 11.1. The summed E-state index contributed by atoms with van der Waals surface area (Å²) in [6.07, 6.45) is 6.23. The second kappa shape index (κ2) is 5.76. The van der Waals surface area contributed by atoms with Gasteiger partial charge in [-0.2, -0.15) is 0 Å². The number of hydrogen-bond donors (Lipinski definition) is 2. The van der Waals surface area contributed by atoms with E-state index in [1.165, 1.54) is 31.2 Å². The van der Waals surface area contributed by atoms with E-state index >= 15 is 0 Å². The van der Waals surface area contributed by atoms with Crippen LogP contribution in [0, 0.1) is 0 Å². The molecule has 0 aliphatic rings. The molecule has 0 radical (unpaired) electrons. The van der Waals surface area contributed by atoms with Crippen molar-refractivity contribution in [3.05, 3.63) is 35.9 Å². The van der Waals surface area contributed by atoms with Crippen molar-refractivity contribution in [2.45, 2.75) is 39.0 Å². The summed E-state index contributed by atoms with van der Waals surface area (Å²) in [5, 5.41) is 2.25. The van der Waals surface area contributed by atoms with E-state index in [0.29, 0.717) is 0 Å². The van der Waals surface area contributed by atoms with Crippen molar-refractivity contribution in [3.8, 4) is 0 Å². The first-order valence-corrected chi connectivity index (χ1v) is 6.78. The maximum atomic E-state index is 6.10. The van der Waals surface area contributed by atoms with E-state index in [1.807, 2.05) is 18.2 Å². The maximum absolute atomic E-state index is 6.10. The Hall–Kier alpha value is -1.70. The zero-order valence-corrected chi connectivity index (χ0v) is 11.1. The van der Waals surface area contributed by atoms with Gasteiger partial charge in [0.05, 0.1) is 0 Å². The number of fused-ring (bicyclic) bond motifs is 1. The maximum Gasteiger partial charge on any atom is 0.0396 e. The predicted octanol–water partition coefficient (Wildman–Crippen LogP) is 4.13. The van der Waals surface area contributed by atoms with Crippen LogP contribution in [-0.2, 0) is 6.42 Å². The highest BCUT2D eigenvalue weighted by Gasteiger charge is 2.02. The lowest BCUT2D eigenvalue weighted by molar-refractivity contribution is 0.667. The Labute approximate surface area is 109 Å². The molecule has 0 aromatic heterocycles. The molecule has 0 aliphatic heterocycles. The van der Waals surface area contributed by atoms with Gasteiger partial charge in [-0.3, -0.25) is 0 Å². The van der Waals surface area contributed by atoms with Crippen LogP contribution in [0.1, 0.15) is 38.2 Å². The smallest absolute Gasteiger partial charge is 0.0396 e. The van der Waals surface area contributed by atoms with Gasteiger partial charge in [-0.1, -0.05) is 38.3 Å². The van der Waals surface area contributed by atoms with E-state index in [1.54, 1.807) is 0 Å². The number of aryl methyl sites for hydroxylation is 1. The van der Waals surface area contributed by atoms with Crippen LogP contribution >= 0.6 is 0 Å². The molecule has 18 heavy (non-hydrogen) atoms. The van der Waals surface area contributed by atoms with Crippen LogP contribution in [-0.4, -0.2) is 0 Å². The minimum absolute atomic E-state index is 0.796. The molecule has 0 saturated carbocycles. The molecule has 2 aromatic rings. The first kappa shape index (κ1) is 12.7. The molecule has 0 spiro atoms. The van der Waals surface area contributed by atoms with Gasteiger partial charge in [0, 0.05) is 16.8 Å². The van der Waals surface area contributed by atoms with Gasteiger partial charge in [0.25, 0.3) is 0 Å². The predicted molar refractivity (Wildman–Crippen MR) is 80.6 cm³/mol. The molecule has 2 heteroatoms. The zero-order chi connectivity index (χ0) is 13.0. The largest absolute Gasteiger partial charge is 0.399 e. The molecule has 2 rings (SSSR count). The molecule has 2 nitrogen and oxygen atoms in total. The Morgan fingerprint density at radius 2 is 1.78 bits per heavy atom. The fourth-order valence-electron chi connectivity index (χ4n) is 2.38. The quantitative estimate of drug-likeness (QED) is 0.612. The molecule has 0 heterocycles. The first-order valence-electron chi connectivity index (χ1n) is 6.78. The topological polar surface area (TPSA) is 52.0 Å². The lowest BCUT2D eigenvalue weighted by Crippen LogP contribution is -1.93. The van der Waals surface area contributed by atoms with Gasteiger partial charge < -0.3 is 11.5 Å². The van der Waals surface area contributed by atoms with E-state index in [-0.39, 0.29) is 0 Å². The number of unbranched alkanes of at least 4 members (excludes halogenated alkanes) is 3. The molecule has 4 N–H and O–H groups in total. The lowest BCUT2D eigenvalue weighted by Gasteiger charge is -2.08. The van der Waals surface area contributed by atoms with E-state index in [4.69, 9.17) is 11.5 Å². The van der Waals surface area contributed by atoms with E-state index < -0.39 is 0 Å². The average Bonchev–Trinajstić information content (AvgIpc) is 2.34. The van der Waals surface area contributed by atoms with Gasteiger partial charge in [-0.25, -0.2) is 0 Å². The van der Waals surface area contributed by atoms with Crippen LogP contribution in [0.4, 0.5) is 11.4 Å². The van der Waals surface area contributed by atoms with Crippen LogP contribution in [0.15, 0.2) is 30.3 Å². The first-order chi connectivity index (χ1) is 8.70. The Balaban J connectivity index is 2.19. The van der Waals surface area contributed by atoms with Crippen LogP contribution < -0.4 is 11.5 Å². The second-order valence-electron chi connectivity index (χ2n) is 4.98. The number of rotatable bonds is 5. The number of benzene rings is 2. The number of anilines is 2. The van der Waals surface area contributed by atoms with Crippen LogP contribution in [0.2, 0.25) is 0 Å². The van der Waals surface area contributed by atoms with Gasteiger partial charge in [-0.15, -0.1) is 0 Å². The normalized spacial score (nSPS) is 10.9. The van der Waals surface area contributed by atoms with E-state index in [0.717, 1.165) is 28.6 Å². The number of hydrogen-bond acceptors (Lipinski definition) is 2. The van der Waals surface area contributed by atoms with Crippen LogP contribution in [0.3, 0.4) is 0 Å². The number of nitrogens with two attached hydrogens (primary N) is 2. The van der Waals surface area contributed by atoms with Gasteiger partial charge in [0.15, 0.2) is 0 Å². The third-order valence-electron chi connectivity index (χ3n) is 3.39. The molecule has 2 aromatic carbocycles. The fraction of sp³-hybridized carbons (Fsp3) is 0.375. The molecule has 0 saturated heterocycles. The van der Waals surface area contributed by atoms with E-state index in [9.17, 15) is 0 Å². The van der Waals surface area contributed by atoms with E-state index in [2.05, 4.69) is 19.1 Å². The average molecular weight is 242 g/mol. The van der Waals surface area contributed by atoms with Crippen LogP contribution in [0.5, 0.6) is 0 Å². The molecular weight excluding hydrogens is 220 g/mol. The van der Waals surface area contributed by atoms with Crippen molar-refractivity contribution >= 4 is 22.1 Å². The van der Waals surface area contributed by atoms with Gasteiger partial charge in [-0.05, 0) is 42.0 Å². The highest BCUT2D eigenvalue weighted by Crippen LogP contribution is 2.26. The SMILES string of the molecule is CCCCCCc1cc(N)c2ccc(N)cc2c1. The lowest BCUT2D eigenvalue weighted by atomic mass is 10.0. The summed E-state index contributed by atoms with van der Waals surface area (Å²) in [6, 6.07) is 10.2. The highest BCUT2D eigenvalue weighted by atomic mass is 14.6. The van der Waals surface area contributed by atoms with Crippen LogP contribution in [0.25, 0.3) is 10.8 Å².